The van der Waals surface area contributed by atoms with E-state index in [0.717, 1.165) is 13.0 Å². The van der Waals surface area contributed by atoms with Crippen LogP contribution in [0.1, 0.15) is 16.9 Å². The van der Waals surface area contributed by atoms with Crippen LogP contribution >= 0.6 is 11.6 Å². The molecule has 0 spiro atoms. The molecule has 3 N–H and O–H groups in total. The lowest BCUT2D eigenvalue weighted by atomic mass is 10.1. The molecular weight excluding hydrogens is 242 g/mol. The molecule has 6 heteroatoms. The van der Waals surface area contributed by atoms with E-state index in [1.54, 1.807) is 12.1 Å². The van der Waals surface area contributed by atoms with Gasteiger partial charge in [-0.15, -0.1) is 0 Å². The molecule has 0 radical (unpaired) electrons. The zero-order valence-electron chi connectivity index (χ0n) is 9.28. The van der Waals surface area contributed by atoms with Crippen LogP contribution in [0.3, 0.4) is 0 Å². The number of carbonyl (C=O) groups is 1. The Kier molecular flexibility index (Phi) is 3.81. The zero-order chi connectivity index (χ0) is 12.3. The van der Waals surface area contributed by atoms with Gasteiger partial charge in [0.2, 0.25) is 0 Å². The maximum absolute atomic E-state index is 11.8. The number of pyridine rings is 1. The summed E-state index contributed by atoms with van der Waals surface area (Å²) in [6.45, 7) is 2.03. The minimum Gasteiger partial charge on any atom is -0.384 e. The van der Waals surface area contributed by atoms with Crippen molar-refractivity contribution in [3.05, 3.63) is 22.8 Å². The number of nitrogens with zero attached hydrogens (tertiary/aromatic N) is 1. The van der Waals surface area contributed by atoms with E-state index < -0.39 is 0 Å². The molecule has 92 valence electrons. The summed E-state index contributed by atoms with van der Waals surface area (Å²) in [5.74, 6) is 0.358. The highest BCUT2D eigenvalue weighted by atomic mass is 35.5. The first-order valence-electron chi connectivity index (χ1n) is 5.45. The van der Waals surface area contributed by atoms with E-state index in [-0.39, 0.29) is 17.4 Å². The highest BCUT2D eigenvalue weighted by molar-refractivity contribution is 6.33. The summed E-state index contributed by atoms with van der Waals surface area (Å²) >= 11 is 5.88. The Morgan fingerprint density at radius 1 is 1.65 bits per heavy atom. The van der Waals surface area contributed by atoms with E-state index in [2.05, 4.69) is 10.3 Å². The number of aromatic nitrogens is 1. The van der Waals surface area contributed by atoms with Gasteiger partial charge in [-0.1, -0.05) is 11.6 Å². The van der Waals surface area contributed by atoms with Gasteiger partial charge < -0.3 is 15.8 Å². The van der Waals surface area contributed by atoms with Gasteiger partial charge in [-0.25, -0.2) is 4.98 Å². The average molecular weight is 256 g/mol. The molecule has 0 aliphatic carbocycles. The molecule has 1 aliphatic heterocycles. The topological polar surface area (TPSA) is 77.2 Å². The van der Waals surface area contributed by atoms with Gasteiger partial charge in [0.1, 0.15) is 11.5 Å². The van der Waals surface area contributed by atoms with Gasteiger partial charge in [-0.2, -0.15) is 0 Å². The molecule has 0 aromatic carbocycles. The van der Waals surface area contributed by atoms with Gasteiger partial charge in [-0.3, -0.25) is 4.79 Å². The van der Waals surface area contributed by atoms with Crippen LogP contribution in [0.2, 0.25) is 5.02 Å². The van der Waals surface area contributed by atoms with Crippen LogP contribution in [0.25, 0.3) is 0 Å². The quantitative estimate of drug-likeness (QED) is 0.847. The minimum absolute atomic E-state index is 0.172. The summed E-state index contributed by atoms with van der Waals surface area (Å²) in [5.41, 5.74) is 5.69. The van der Waals surface area contributed by atoms with Gasteiger partial charge in [0.05, 0.1) is 11.6 Å². The summed E-state index contributed by atoms with van der Waals surface area (Å²) < 4.78 is 5.22. The van der Waals surface area contributed by atoms with Crippen molar-refractivity contribution < 1.29 is 9.53 Å². The average Bonchev–Trinajstić information content (AvgIpc) is 2.82. The standard InChI is InChI=1S/C11H14ClN3O2/c12-8-1-2-9(13)15-10(8)11(16)14-5-7-3-4-17-6-7/h1-2,7H,3-6H2,(H2,13,15)(H,14,16). The Balaban J connectivity index is 1.96. The second kappa shape index (κ2) is 5.33. The van der Waals surface area contributed by atoms with Crippen LogP contribution < -0.4 is 11.1 Å². The minimum atomic E-state index is -0.297. The molecule has 1 aliphatic rings. The lowest BCUT2D eigenvalue weighted by molar-refractivity contribution is 0.0940. The number of nitrogens with two attached hydrogens (primary N) is 1. The normalized spacial score (nSPS) is 19.2. The maximum atomic E-state index is 11.8. The van der Waals surface area contributed by atoms with Crippen molar-refractivity contribution in [2.45, 2.75) is 6.42 Å². The van der Waals surface area contributed by atoms with Crippen molar-refractivity contribution >= 4 is 23.3 Å². The van der Waals surface area contributed by atoms with Gasteiger partial charge >= 0.3 is 0 Å². The second-order valence-electron chi connectivity index (χ2n) is 4.01. The molecule has 1 fully saturated rings. The fraction of sp³-hybridized carbons (Fsp3) is 0.455. The van der Waals surface area contributed by atoms with Crippen LogP contribution in [-0.4, -0.2) is 30.6 Å². The number of halogens is 1. The van der Waals surface area contributed by atoms with Crippen LogP contribution in [0.5, 0.6) is 0 Å². The number of hydrogen-bond acceptors (Lipinski definition) is 4. The number of amides is 1. The van der Waals surface area contributed by atoms with Crippen LogP contribution in [0.4, 0.5) is 5.82 Å². The molecule has 1 unspecified atom stereocenters. The lowest BCUT2D eigenvalue weighted by Gasteiger charge is -2.10. The van der Waals surface area contributed by atoms with Gasteiger partial charge in [0.25, 0.3) is 5.91 Å². The molecule has 5 nitrogen and oxygen atoms in total. The number of anilines is 1. The van der Waals surface area contributed by atoms with E-state index in [0.29, 0.717) is 24.1 Å². The molecule has 1 aromatic rings. The van der Waals surface area contributed by atoms with Crippen molar-refractivity contribution in [3.8, 4) is 0 Å². The maximum Gasteiger partial charge on any atom is 0.271 e. The molecule has 1 atom stereocenters. The second-order valence-corrected chi connectivity index (χ2v) is 4.41. The summed E-state index contributed by atoms with van der Waals surface area (Å²) in [4.78, 5) is 15.7. The Morgan fingerprint density at radius 3 is 3.18 bits per heavy atom. The first-order chi connectivity index (χ1) is 8.16. The largest absolute Gasteiger partial charge is 0.384 e. The third-order valence-electron chi connectivity index (χ3n) is 2.66. The number of ether oxygens (including phenoxy) is 1. The monoisotopic (exact) mass is 255 g/mol. The van der Waals surface area contributed by atoms with E-state index in [1.807, 2.05) is 0 Å². The first-order valence-corrected chi connectivity index (χ1v) is 5.82. The van der Waals surface area contributed by atoms with Crippen LogP contribution in [-0.2, 0) is 4.74 Å². The molecule has 1 aromatic heterocycles. The smallest absolute Gasteiger partial charge is 0.271 e. The predicted molar refractivity (Wildman–Crippen MR) is 64.9 cm³/mol. The van der Waals surface area contributed by atoms with Crippen LogP contribution in [0.15, 0.2) is 12.1 Å². The fourth-order valence-electron chi connectivity index (χ4n) is 1.68. The van der Waals surface area contributed by atoms with Crippen molar-refractivity contribution in [2.24, 2.45) is 5.92 Å². The number of rotatable bonds is 3. The van der Waals surface area contributed by atoms with Gasteiger partial charge in [0, 0.05) is 19.1 Å². The lowest BCUT2D eigenvalue weighted by Crippen LogP contribution is -2.30. The Bertz CT molecular complexity index is 419. The number of carbonyl (C=O) groups excluding carboxylic acids is 1. The van der Waals surface area contributed by atoms with Gasteiger partial charge in [0.15, 0.2) is 0 Å². The van der Waals surface area contributed by atoms with Crippen molar-refractivity contribution in [1.29, 1.82) is 0 Å². The third-order valence-corrected chi connectivity index (χ3v) is 2.96. The van der Waals surface area contributed by atoms with Gasteiger partial charge in [-0.05, 0) is 18.6 Å². The number of nitrogens with one attached hydrogen (secondary N) is 1. The first kappa shape index (κ1) is 12.1. The molecule has 1 saturated heterocycles. The molecule has 17 heavy (non-hydrogen) atoms. The summed E-state index contributed by atoms with van der Waals surface area (Å²) in [6.07, 6.45) is 0.971. The van der Waals surface area contributed by atoms with E-state index in [4.69, 9.17) is 22.1 Å². The molecule has 2 heterocycles. The fourth-order valence-corrected chi connectivity index (χ4v) is 1.87. The van der Waals surface area contributed by atoms with E-state index in [9.17, 15) is 4.79 Å². The molecular formula is C11H14ClN3O2. The van der Waals surface area contributed by atoms with Crippen molar-refractivity contribution in [1.82, 2.24) is 10.3 Å². The third kappa shape index (κ3) is 3.08. The SMILES string of the molecule is Nc1ccc(Cl)c(C(=O)NCC2CCOC2)n1. The number of nitrogen functional groups attached to an aromatic ring is 1. The van der Waals surface area contributed by atoms with E-state index >= 15 is 0 Å². The zero-order valence-corrected chi connectivity index (χ0v) is 10.0. The summed E-state index contributed by atoms with van der Waals surface area (Å²) in [5, 5.41) is 3.09. The summed E-state index contributed by atoms with van der Waals surface area (Å²) in [7, 11) is 0. The molecule has 0 saturated carbocycles. The number of hydrogen-bond donors (Lipinski definition) is 2. The Morgan fingerprint density at radius 2 is 2.47 bits per heavy atom. The Hall–Kier alpha value is -1.33. The highest BCUT2D eigenvalue weighted by Gasteiger charge is 2.18. The summed E-state index contributed by atoms with van der Waals surface area (Å²) in [6, 6.07) is 3.13. The van der Waals surface area contributed by atoms with Crippen molar-refractivity contribution in [3.63, 3.8) is 0 Å². The van der Waals surface area contributed by atoms with E-state index in [1.165, 1.54) is 0 Å². The molecule has 0 bridgehead atoms. The molecule has 2 rings (SSSR count). The Labute approximate surface area is 104 Å². The highest BCUT2D eigenvalue weighted by Crippen LogP contribution is 2.16. The van der Waals surface area contributed by atoms with Crippen molar-refractivity contribution in [2.75, 3.05) is 25.5 Å². The predicted octanol–water partition coefficient (Wildman–Crippen LogP) is 1.08. The van der Waals surface area contributed by atoms with Crippen LogP contribution in [0, 0.1) is 5.92 Å². The molecule has 1 amide bonds.